The summed E-state index contributed by atoms with van der Waals surface area (Å²) in [5.74, 6) is -1.60. The van der Waals surface area contributed by atoms with E-state index in [0.29, 0.717) is 52.6 Å². The molecule has 3 amide bonds. The highest BCUT2D eigenvalue weighted by Gasteiger charge is 2.39. The van der Waals surface area contributed by atoms with Crippen molar-refractivity contribution in [1.29, 1.82) is 0 Å². The lowest BCUT2D eigenvalue weighted by Crippen LogP contribution is -2.45. The van der Waals surface area contributed by atoms with Crippen LogP contribution in [-0.4, -0.2) is 108 Å². The molecule has 12 nitrogen and oxygen atoms in total. The molecule has 1 aromatic rings. The number of rotatable bonds is 5. The van der Waals surface area contributed by atoms with Crippen LogP contribution < -0.4 is 5.56 Å². The molecule has 0 bridgehead atoms. The van der Waals surface area contributed by atoms with Crippen molar-refractivity contribution in [3.63, 3.8) is 0 Å². The van der Waals surface area contributed by atoms with Gasteiger partial charge in [0.05, 0.1) is 37.9 Å². The maximum Gasteiger partial charge on any atom is 0.274 e. The average molecular weight is 460 g/mol. The zero-order chi connectivity index (χ0) is 23.5. The zero-order valence-corrected chi connectivity index (χ0v) is 18.8. The van der Waals surface area contributed by atoms with Crippen LogP contribution in [0.25, 0.3) is 6.08 Å². The van der Waals surface area contributed by atoms with Crippen molar-refractivity contribution in [3.05, 3.63) is 27.7 Å². The highest BCUT2D eigenvalue weighted by atomic mass is 16.5. The van der Waals surface area contributed by atoms with Gasteiger partial charge in [-0.1, -0.05) is 12.2 Å². The molecule has 12 heteroatoms. The highest BCUT2D eigenvalue weighted by Crippen LogP contribution is 2.21. The van der Waals surface area contributed by atoms with Crippen molar-refractivity contribution in [3.8, 4) is 0 Å². The molecule has 3 aliphatic heterocycles. The summed E-state index contributed by atoms with van der Waals surface area (Å²) in [5.41, 5.74) is 0.233. The molecule has 0 aliphatic carbocycles. The molecule has 0 saturated carbocycles. The van der Waals surface area contributed by atoms with Crippen molar-refractivity contribution in [2.75, 3.05) is 59.7 Å². The fraction of sp³-hybridized carbons (Fsp3) is 0.571. The second-order valence-electron chi connectivity index (χ2n) is 8.11. The number of aromatic nitrogens is 2. The third-order valence-electron chi connectivity index (χ3n) is 5.97. The van der Waals surface area contributed by atoms with Crippen LogP contribution in [0.2, 0.25) is 0 Å². The van der Waals surface area contributed by atoms with Crippen LogP contribution in [0, 0.1) is 5.92 Å². The Morgan fingerprint density at radius 3 is 2.18 bits per heavy atom. The summed E-state index contributed by atoms with van der Waals surface area (Å²) in [4.78, 5) is 54.4. The van der Waals surface area contributed by atoms with Crippen LogP contribution >= 0.6 is 0 Å². The van der Waals surface area contributed by atoms with Gasteiger partial charge in [0.25, 0.3) is 23.3 Å². The molecule has 1 aromatic heterocycles. The number of carbonyl (C=O) groups excluding carboxylic acids is 3. The number of ether oxygens (including phenoxy) is 2. The molecule has 3 aliphatic rings. The first-order valence-electron chi connectivity index (χ1n) is 10.9. The SMILES string of the molecule is CN1N=C(C(=O)N2CCOCC2)[C@@H](CC=Cc2c(C(=O)N3CCOCC3)[nH]n(C)c2=O)C1=O. The second-order valence-corrected chi connectivity index (χ2v) is 8.11. The molecule has 33 heavy (non-hydrogen) atoms. The Morgan fingerprint density at radius 2 is 1.58 bits per heavy atom. The predicted octanol–water partition coefficient (Wildman–Crippen LogP) is -1.11. The molecule has 0 spiro atoms. The fourth-order valence-corrected chi connectivity index (χ4v) is 4.09. The van der Waals surface area contributed by atoms with E-state index in [0.717, 1.165) is 0 Å². The largest absolute Gasteiger partial charge is 0.378 e. The normalized spacial score (nSPS) is 21.8. The molecule has 4 rings (SSSR count). The summed E-state index contributed by atoms with van der Waals surface area (Å²) >= 11 is 0. The lowest BCUT2D eigenvalue weighted by molar-refractivity contribution is -0.131. The molecule has 4 heterocycles. The van der Waals surface area contributed by atoms with Gasteiger partial charge in [-0.25, -0.2) is 5.01 Å². The molecular weight excluding hydrogens is 432 g/mol. The minimum atomic E-state index is -0.747. The van der Waals surface area contributed by atoms with Gasteiger partial charge < -0.3 is 19.3 Å². The molecule has 2 fully saturated rings. The number of amides is 3. The summed E-state index contributed by atoms with van der Waals surface area (Å²) in [6, 6.07) is 0. The van der Waals surface area contributed by atoms with E-state index in [1.54, 1.807) is 15.9 Å². The van der Waals surface area contributed by atoms with Crippen molar-refractivity contribution in [2.45, 2.75) is 6.42 Å². The third kappa shape index (κ3) is 4.62. The summed E-state index contributed by atoms with van der Waals surface area (Å²) in [6.07, 6.45) is 3.36. The minimum Gasteiger partial charge on any atom is -0.378 e. The van der Waals surface area contributed by atoms with Crippen molar-refractivity contribution in [1.82, 2.24) is 24.6 Å². The fourth-order valence-electron chi connectivity index (χ4n) is 4.09. The van der Waals surface area contributed by atoms with E-state index in [9.17, 15) is 19.2 Å². The topological polar surface area (TPSA) is 130 Å². The Hall–Kier alpha value is -3.25. The highest BCUT2D eigenvalue weighted by molar-refractivity contribution is 6.44. The predicted molar refractivity (Wildman–Crippen MR) is 118 cm³/mol. The number of allylic oxidation sites excluding steroid dienone is 1. The first kappa shape index (κ1) is 22.9. The molecule has 0 aromatic carbocycles. The number of hydrogen-bond donors (Lipinski definition) is 1. The molecule has 0 radical (unpaired) electrons. The van der Waals surface area contributed by atoms with E-state index in [1.807, 2.05) is 0 Å². The van der Waals surface area contributed by atoms with Gasteiger partial charge in [0.2, 0.25) is 0 Å². The molecule has 178 valence electrons. The maximum atomic E-state index is 12.9. The summed E-state index contributed by atoms with van der Waals surface area (Å²) < 4.78 is 11.8. The molecule has 0 unspecified atom stereocenters. The summed E-state index contributed by atoms with van der Waals surface area (Å²) in [6.45, 7) is 3.59. The van der Waals surface area contributed by atoms with E-state index >= 15 is 0 Å². The average Bonchev–Trinajstić information content (AvgIpc) is 3.29. The number of H-pyrrole nitrogens is 1. The first-order valence-corrected chi connectivity index (χ1v) is 10.9. The number of nitrogens with zero attached hydrogens (tertiary/aromatic N) is 5. The number of hydrazone groups is 1. The lowest BCUT2D eigenvalue weighted by Gasteiger charge is -2.27. The Labute approximate surface area is 190 Å². The molecule has 1 atom stereocenters. The van der Waals surface area contributed by atoms with Gasteiger partial charge in [-0.05, 0) is 6.42 Å². The van der Waals surface area contributed by atoms with Gasteiger partial charge in [0.15, 0.2) is 0 Å². The first-order chi connectivity index (χ1) is 15.9. The second kappa shape index (κ2) is 9.71. The van der Waals surface area contributed by atoms with Gasteiger partial charge in [-0.15, -0.1) is 0 Å². The van der Waals surface area contributed by atoms with E-state index in [2.05, 4.69) is 10.2 Å². The van der Waals surface area contributed by atoms with E-state index in [-0.39, 0.29) is 46.7 Å². The van der Waals surface area contributed by atoms with Crippen LogP contribution in [-0.2, 0) is 26.1 Å². The van der Waals surface area contributed by atoms with Crippen molar-refractivity contribution in [2.24, 2.45) is 18.1 Å². The van der Waals surface area contributed by atoms with Gasteiger partial charge >= 0.3 is 0 Å². The summed E-state index contributed by atoms with van der Waals surface area (Å²) in [5, 5.41) is 8.17. The Kier molecular flexibility index (Phi) is 6.75. The number of morpholine rings is 2. The number of nitrogens with one attached hydrogen (secondary N) is 1. The summed E-state index contributed by atoms with van der Waals surface area (Å²) in [7, 11) is 3.05. The van der Waals surface area contributed by atoms with Crippen molar-refractivity contribution >= 4 is 29.5 Å². The van der Waals surface area contributed by atoms with Gasteiger partial charge in [-0.3, -0.25) is 29.0 Å². The van der Waals surface area contributed by atoms with E-state index in [1.165, 1.54) is 29.9 Å². The van der Waals surface area contributed by atoms with Crippen LogP contribution in [0.5, 0.6) is 0 Å². The van der Waals surface area contributed by atoms with E-state index in [4.69, 9.17) is 9.47 Å². The Balaban J connectivity index is 1.51. The van der Waals surface area contributed by atoms with Crippen molar-refractivity contribution < 1.29 is 23.9 Å². The molecular formula is C21H28N6O6. The monoisotopic (exact) mass is 460 g/mol. The zero-order valence-electron chi connectivity index (χ0n) is 18.8. The van der Waals surface area contributed by atoms with Crippen LogP contribution in [0.4, 0.5) is 0 Å². The standard InChI is InChI=1S/C21H28N6O6/c1-24-18(28)14(16(22-24)20(30)26-6-10-32-11-7-26)4-3-5-15-17(23-25(2)19(15)29)21(31)27-8-12-33-13-9-27/h3-4,15,22H,5-13H2,1-2H3/t15-/m1/s1. The van der Waals surface area contributed by atoms with Crippen LogP contribution in [0.3, 0.4) is 0 Å². The third-order valence-corrected chi connectivity index (χ3v) is 5.97. The van der Waals surface area contributed by atoms with Gasteiger partial charge in [0, 0.05) is 40.3 Å². The van der Waals surface area contributed by atoms with Gasteiger partial charge in [0.1, 0.15) is 11.4 Å². The molecule has 1 N–H and O–H groups in total. The quantitative estimate of drug-likeness (QED) is 0.593. The number of aryl methyl sites for hydroxylation is 1. The smallest absolute Gasteiger partial charge is 0.274 e. The van der Waals surface area contributed by atoms with Crippen LogP contribution in [0.15, 0.2) is 16.0 Å². The maximum absolute atomic E-state index is 12.9. The molecule has 2 saturated heterocycles. The number of hydrogen-bond acceptors (Lipinski definition) is 7. The Bertz CT molecular complexity index is 1040. The van der Waals surface area contributed by atoms with Crippen LogP contribution in [0.1, 0.15) is 22.5 Å². The number of aromatic amines is 1. The number of carbonyl (C=O) groups is 3. The Morgan fingerprint density at radius 1 is 1.00 bits per heavy atom. The van der Waals surface area contributed by atoms with E-state index < -0.39 is 5.92 Å². The minimum absolute atomic E-state index is 0.178. The lowest BCUT2D eigenvalue weighted by atomic mass is 9.97. The van der Waals surface area contributed by atoms with Gasteiger partial charge in [-0.2, -0.15) is 5.10 Å².